The molecule has 2 rings (SSSR count). The van der Waals surface area contributed by atoms with Gasteiger partial charge in [-0.2, -0.15) is 0 Å². The van der Waals surface area contributed by atoms with E-state index in [4.69, 9.17) is 0 Å². The molecule has 0 saturated heterocycles. The predicted octanol–water partition coefficient (Wildman–Crippen LogP) is 2.27. The van der Waals surface area contributed by atoms with Crippen molar-refractivity contribution in [2.24, 2.45) is 0 Å². The summed E-state index contributed by atoms with van der Waals surface area (Å²) in [5.41, 5.74) is 1.29. The molecule has 1 aromatic rings. The lowest BCUT2D eigenvalue weighted by Gasteiger charge is -2.23. The van der Waals surface area contributed by atoms with Crippen LogP contribution >= 0.6 is 0 Å². The first-order valence-corrected chi connectivity index (χ1v) is 5.82. The van der Waals surface area contributed by atoms with E-state index in [1.165, 1.54) is 0 Å². The molecule has 0 radical (unpaired) electrons. The molecular formula is C14H17NO2. The maximum absolute atomic E-state index is 12.1. The third-order valence-corrected chi connectivity index (χ3v) is 2.84. The molecule has 0 spiro atoms. The Bertz CT molecular complexity index is 471. The minimum atomic E-state index is -0.321. The van der Waals surface area contributed by atoms with Crippen LogP contribution in [0.2, 0.25) is 0 Å². The van der Waals surface area contributed by atoms with Gasteiger partial charge in [0, 0.05) is 17.5 Å². The smallest absolute Gasteiger partial charge is 0.228 e. The number of benzene rings is 1. The van der Waals surface area contributed by atoms with Gasteiger partial charge in [0.15, 0.2) is 5.78 Å². The van der Waals surface area contributed by atoms with Gasteiger partial charge in [-0.3, -0.25) is 9.59 Å². The number of hydrogen-bond acceptors (Lipinski definition) is 2. The Labute approximate surface area is 101 Å². The maximum Gasteiger partial charge on any atom is 0.228 e. The molecule has 0 aromatic heterocycles. The van der Waals surface area contributed by atoms with Gasteiger partial charge >= 0.3 is 0 Å². The molecule has 0 heterocycles. The summed E-state index contributed by atoms with van der Waals surface area (Å²) in [6.45, 7) is 5.81. The topological polar surface area (TPSA) is 46.2 Å². The molecule has 3 heteroatoms. The Morgan fingerprint density at radius 3 is 2.59 bits per heavy atom. The zero-order chi connectivity index (χ0) is 12.6. The number of rotatable bonds is 1. The van der Waals surface area contributed by atoms with Crippen molar-refractivity contribution in [1.82, 2.24) is 5.32 Å². The number of carbonyl (C=O) groups is 2. The largest absolute Gasteiger partial charge is 0.351 e. The molecule has 3 nitrogen and oxygen atoms in total. The summed E-state index contributed by atoms with van der Waals surface area (Å²) >= 11 is 0. The van der Waals surface area contributed by atoms with Crippen LogP contribution in [0.5, 0.6) is 0 Å². The monoisotopic (exact) mass is 231 g/mol. The Morgan fingerprint density at radius 2 is 1.94 bits per heavy atom. The lowest BCUT2D eigenvalue weighted by molar-refractivity contribution is -0.123. The Balaban J connectivity index is 2.26. The standard InChI is InChI=1S/C14H17NO2/c1-14(2,3)15-13(17)11-8-12(16)10-7-5-4-6-9(10)11/h4-7,11H,8H2,1-3H3,(H,15,17). The van der Waals surface area contributed by atoms with Crippen molar-refractivity contribution in [2.75, 3.05) is 0 Å². The summed E-state index contributed by atoms with van der Waals surface area (Å²) in [7, 11) is 0. The van der Waals surface area contributed by atoms with Crippen LogP contribution < -0.4 is 5.32 Å². The Kier molecular flexibility index (Phi) is 2.77. The normalized spacial score (nSPS) is 19.0. The number of ketones is 1. The highest BCUT2D eigenvalue weighted by Gasteiger charge is 2.34. The number of fused-ring (bicyclic) bond motifs is 1. The van der Waals surface area contributed by atoms with Crippen LogP contribution in [0, 0.1) is 0 Å². The third-order valence-electron chi connectivity index (χ3n) is 2.84. The van der Waals surface area contributed by atoms with E-state index in [0.29, 0.717) is 12.0 Å². The van der Waals surface area contributed by atoms with E-state index in [0.717, 1.165) is 5.56 Å². The van der Waals surface area contributed by atoms with Crippen LogP contribution in [0.25, 0.3) is 0 Å². The van der Waals surface area contributed by atoms with Gasteiger partial charge in [-0.1, -0.05) is 24.3 Å². The lowest BCUT2D eigenvalue weighted by atomic mass is 9.98. The highest BCUT2D eigenvalue weighted by atomic mass is 16.2. The molecule has 90 valence electrons. The molecule has 1 aromatic carbocycles. The van der Waals surface area contributed by atoms with Crippen LogP contribution in [-0.4, -0.2) is 17.2 Å². The fraction of sp³-hybridized carbons (Fsp3) is 0.429. The van der Waals surface area contributed by atoms with Gasteiger partial charge in [0.2, 0.25) is 5.91 Å². The second-order valence-electron chi connectivity index (χ2n) is 5.51. The lowest BCUT2D eigenvalue weighted by Crippen LogP contribution is -2.42. The zero-order valence-corrected chi connectivity index (χ0v) is 10.4. The van der Waals surface area contributed by atoms with Crippen LogP contribution in [0.4, 0.5) is 0 Å². The second kappa shape index (κ2) is 3.99. The van der Waals surface area contributed by atoms with Gasteiger partial charge in [0.1, 0.15) is 0 Å². The van der Waals surface area contributed by atoms with Crippen LogP contribution in [0.3, 0.4) is 0 Å². The Morgan fingerprint density at radius 1 is 1.29 bits per heavy atom. The molecule has 0 saturated carbocycles. The SMILES string of the molecule is CC(C)(C)NC(=O)C1CC(=O)c2ccccc21. The van der Waals surface area contributed by atoms with Gasteiger partial charge < -0.3 is 5.32 Å². The molecule has 1 atom stereocenters. The summed E-state index contributed by atoms with van der Waals surface area (Å²) in [6.07, 6.45) is 0.293. The van der Waals surface area contributed by atoms with Gasteiger partial charge in [0.25, 0.3) is 0 Å². The zero-order valence-electron chi connectivity index (χ0n) is 10.4. The van der Waals surface area contributed by atoms with Crippen LogP contribution in [-0.2, 0) is 4.79 Å². The number of carbonyl (C=O) groups excluding carboxylic acids is 2. The van der Waals surface area contributed by atoms with Gasteiger partial charge in [-0.25, -0.2) is 0 Å². The fourth-order valence-electron chi connectivity index (χ4n) is 2.15. The van der Waals surface area contributed by atoms with Crippen molar-refractivity contribution in [3.8, 4) is 0 Å². The second-order valence-corrected chi connectivity index (χ2v) is 5.51. The van der Waals surface area contributed by atoms with Crippen molar-refractivity contribution in [3.05, 3.63) is 35.4 Å². The fourth-order valence-corrected chi connectivity index (χ4v) is 2.15. The van der Waals surface area contributed by atoms with Crippen molar-refractivity contribution in [3.63, 3.8) is 0 Å². The molecule has 0 bridgehead atoms. The van der Waals surface area contributed by atoms with Crippen molar-refractivity contribution in [1.29, 1.82) is 0 Å². The first kappa shape index (κ1) is 11.8. The molecule has 17 heavy (non-hydrogen) atoms. The summed E-state index contributed by atoms with van der Waals surface area (Å²) in [5.74, 6) is -0.316. The molecule has 1 aliphatic carbocycles. The van der Waals surface area contributed by atoms with E-state index >= 15 is 0 Å². The first-order chi connectivity index (χ1) is 7.88. The molecule has 0 fully saturated rings. The summed E-state index contributed by atoms with van der Waals surface area (Å²) in [4.78, 5) is 23.9. The quantitative estimate of drug-likeness (QED) is 0.806. The molecule has 1 unspecified atom stereocenters. The molecule has 1 amide bonds. The first-order valence-electron chi connectivity index (χ1n) is 5.82. The van der Waals surface area contributed by atoms with E-state index in [1.807, 2.05) is 39.0 Å². The molecule has 1 N–H and O–H groups in total. The van der Waals surface area contributed by atoms with E-state index in [-0.39, 0.29) is 23.1 Å². The molecule has 1 aliphatic rings. The van der Waals surface area contributed by atoms with E-state index < -0.39 is 0 Å². The summed E-state index contributed by atoms with van der Waals surface area (Å²) in [5, 5.41) is 2.93. The van der Waals surface area contributed by atoms with Crippen molar-refractivity contribution < 1.29 is 9.59 Å². The average molecular weight is 231 g/mol. The highest BCUT2D eigenvalue weighted by molar-refractivity contribution is 6.06. The van der Waals surface area contributed by atoms with Crippen molar-refractivity contribution >= 4 is 11.7 Å². The van der Waals surface area contributed by atoms with E-state index in [9.17, 15) is 9.59 Å². The van der Waals surface area contributed by atoms with Gasteiger partial charge in [0.05, 0.1) is 5.92 Å². The van der Waals surface area contributed by atoms with E-state index in [1.54, 1.807) is 6.07 Å². The van der Waals surface area contributed by atoms with Crippen LogP contribution in [0.15, 0.2) is 24.3 Å². The minimum absolute atomic E-state index is 0.0594. The molecular weight excluding hydrogens is 214 g/mol. The highest BCUT2D eigenvalue weighted by Crippen LogP contribution is 2.33. The van der Waals surface area contributed by atoms with Crippen molar-refractivity contribution in [2.45, 2.75) is 38.6 Å². The van der Waals surface area contributed by atoms with Gasteiger partial charge in [-0.05, 0) is 26.3 Å². The minimum Gasteiger partial charge on any atom is -0.351 e. The third kappa shape index (κ3) is 2.38. The number of Topliss-reactive ketones (excluding diaryl/α,β-unsaturated/α-hetero) is 1. The predicted molar refractivity (Wildman–Crippen MR) is 66.0 cm³/mol. The molecule has 0 aliphatic heterocycles. The maximum atomic E-state index is 12.1. The number of nitrogens with one attached hydrogen (secondary N) is 1. The van der Waals surface area contributed by atoms with Crippen LogP contribution in [0.1, 0.15) is 49.0 Å². The number of amides is 1. The average Bonchev–Trinajstić information content (AvgIpc) is 2.55. The number of hydrogen-bond donors (Lipinski definition) is 1. The summed E-state index contributed by atoms with van der Waals surface area (Å²) < 4.78 is 0. The summed E-state index contributed by atoms with van der Waals surface area (Å²) in [6, 6.07) is 7.37. The Hall–Kier alpha value is -1.64. The van der Waals surface area contributed by atoms with Gasteiger partial charge in [-0.15, -0.1) is 0 Å². The van der Waals surface area contributed by atoms with E-state index in [2.05, 4.69) is 5.32 Å².